The minimum atomic E-state index is -3.89. The predicted molar refractivity (Wildman–Crippen MR) is 75.6 cm³/mol. The third kappa shape index (κ3) is 5.06. The fraction of sp³-hybridized carbons (Fsp3) is 0.333. The molecule has 0 spiro atoms. The van der Waals surface area contributed by atoms with Crippen LogP contribution in [-0.2, 0) is 19.1 Å². The summed E-state index contributed by atoms with van der Waals surface area (Å²) in [7, 11) is -3.89. The molecule has 0 fully saturated rings. The largest absolute Gasteiger partial charge is 0.353 e. The highest BCUT2D eigenvalue weighted by molar-refractivity contribution is 7.87. The van der Waals surface area contributed by atoms with Gasteiger partial charge < -0.3 is 5.32 Å². The van der Waals surface area contributed by atoms with E-state index in [0.717, 1.165) is 5.56 Å². The van der Waals surface area contributed by atoms with Crippen molar-refractivity contribution in [2.24, 2.45) is 0 Å². The first-order chi connectivity index (χ1) is 8.85. The highest BCUT2D eigenvalue weighted by Crippen LogP contribution is 2.14. The van der Waals surface area contributed by atoms with Crippen molar-refractivity contribution >= 4 is 33.6 Å². The number of benzene rings is 1. The summed E-state index contributed by atoms with van der Waals surface area (Å²) in [4.78, 5) is 10.8. The maximum Gasteiger partial charge on any atom is 0.297 e. The molecule has 0 saturated carbocycles. The number of aryl methyl sites for hydroxylation is 1. The molecule has 0 aliphatic carbocycles. The Morgan fingerprint density at radius 3 is 2.47 bits per heavy atom. The standard InChI is InChI=1S/C12H15NO4S2/c1-9-3-5-12(6-4-9)19(15,16)17-11(8-18)7-13-10(2)14/h3-6,8,11H,7H2,1-2H3,(H,13,14). The third-order valence-electron chi connectivity index (χ3n) is 2.26. The van der Waals surface area contributed by atoms with Gasteiger partial charge in [-0.25, -0.2) is 0 Å². The Labute approximate surface area is 118 Å². The fourth-order valence-electron chi connectivity index (χ4n) is 1.27. The van der Waals surface area contributed by atoms with Gasteiger partial charge in [-0.2, -0.15) is 8.42 Å². The second-order valence-corrected chi connectivity index (χ2v) is 5.82. The van der Waals surface area contributed by atoms with Gasteiger partial charge in [0.05, 0.1) is 4.90 Å². The van der Waals surface area contributed by atoms with Crippen molar-refractivity contribution in [1.82, 2.24) is 5.32 Å². The van der Waals surface area contributed by atoms with Gasteiger partial charge in [-0.05, 0) is 19.1 Å². The van der Waals surface area contributed by atoms with Crippen molar-refractivity contribution in [3.63, 3.8) is 0 Å². The third-order valence-corrected chi connectivity index (χ3v) is 3.92. The molecule has 0 aliphatic rings. The maximum absolute atomic E-state index is 12.0. The molecule has 0 bridgehead atoms. The number of hydrogen-bond donors (Lipinski definition) is 1. The normalized spacial score (nSPS) is 12.7. The van der Waals surface area contributed by atoms with Crippen molar-refractivity contribution in [3.05, 3.63) is 29.8 Å². The summed E-state index contributed by atoms with van der Waals surface area (Å²) >= 11 is 4.70. The SMILES string of the molecule is CC(=O)NCC(C=S)OS(=O)(=O)c1ccc(C)cc1. The lowest BCUT2D eigenvalue weighted by molar-refractivity contribution is -0.119. The number of rotatable bonds is 6. The van der Waals surface area contributed by atoms with Gasteiger partial charge in [0, 0.05) is 18.8 Å². The van der Waals surface area contributed by atoms with Crippen molar-refractivity contribution < 1.29 is 17.4 Å². The van der Waals surface area contributed by atoms with Crippen molar-refractivity contribution in [3.8, 4) is 0 Å². The van der Waals surface area contributed by atoms with Crippen LogP contribution >= 0.6 is 12.2 Å². The van der Waals surface area contributed by atoms with Crippen molar-refractivity contribution in [1.29, 1.82) is 0 Å². The first kappa shape index (κ1) is 15.7. The van der Waals surface area contributed by atoms with Crippen LogP contribution in [0.5, 0.6) is 0 Å². The van der Waals surface area contributed by atoms with Gasteiger partial charge in [-0.1, -0.05) is 29.9 Å². The molecule has 19 heavy (non-hydrogen) atoms. The minimum Gasteiger partial charge on any atom is -0.353 e. The van der Waals surface area contributed by atoms with E-state index in [1.807, 2.05) is 6.92 Å². The first-order valence-electron chi connectivity index (χ1n) is 5.55. The molecule has 1 amide bonds. The van der Waals surface area contributed by atoms with Crippen molar-refractivity contribution in [2.45, 2.75) is 24.8 Å². The zero-order chi connectivity index (χ0) is 14.5. The molecule has 5 nitrogen and oxygen atoms in total. The Morgan fingerprint density at radius 2 is 2.00 bits per heavy atom. The van der Waals surface area contributed by atoms with Crippen molar-refractivity contribution in [2.75, 3.05) is 6.54 Å². The molecule has 1 rings (SSSR count). The summed E-state index contributed by atoms with van der Waals surface area (Å²) in [6.07, 6.45) is -0.870. The predicted octanol–water partition coefficient (Wildman–Crippen LogP) is 1.20. The van der Waals surface area contributed by atoms with E-state index in [1.54, 1.807) is 12.1 Å². The van der Waals surface area contributed by atoms with Gasteiger partial charge in [-0.3, -0.25) is 8.98 Å². The highest BCUT2D eigenvalue weighted by atomic mass is 32.2. The Bertz CT molecular complexity index is 552. The van der Waals surface area contributed by atoms with E-state index in [9.17, 15) is 13.2 Å². The molecule has 0 saturated heterocycles. The molecule has 7 heteroatoms. The smallest absolute Gasteiger partial charge is 0.297 e. The van der Waals surface area contributed by atoms with E-state index < -0.39 is 16.2 Å². The summed E-state index contributed by atoms with van der Waals surface area (Å²) in [5, 5.41) is 3.62. The molecule has 0 aliphatic heterocycles. The topological polar surface area (TPSA) is 72.5 Å². The lowest BCUT2D eigenvalue weighted by Gasteiger charge is -2.13. The van der Waals surface area contributed by atoms with Gasteiger partial charge in [0.1, 0.15) is 6.10 Å². The van der Waals surface area contributed by atoms with Crippen LogP contribution in [-0.4, -0.2) is 32.3 Å². The van der Waals surface area contributed by atoms with Crippen LogP contribution in [0.3, 0.4) is 0 Å². The van der Waals surface area contributed by atoms with E-state index >= 15 is 0 Å². The van der Waals surface area contributed by atoms with Crippen LogP contribution in [0.2, 0.25) is 0 Å². The molecule has 1 aromatic rings. The lowest BCUT2D eigenvalue weighted by atomic mass is 10.2. The number of carbonyl (C=O) groups is 1. The Balaban J connectivity index is 2.80. The zero-order valence-electron chi connectivity index (χ0n) is 10.6. The van der Waals surface area contributed by atoms with Gasteiger partial charge in [0.15, 0.2) is 0 Å². The Morgan fingerprint density at radius 1 is 1.42 bits per heavy atom. The van der Waals surface area contributed by atoms with Crippen LogP contribution in [0.1, 0.15) is 12.5 Å². The molecule has 0 aromatic heterocycles. The second kappa shape index (κ2) is 6.74. The molecular formula is C12H15NO4S2. The minimum absolute atomic E-state index is 0.0178. The van der Waals surface area contributed by atoms with Gasteiger partial charge in [0.25, 0.3) is 10.1 Å². The zero-order valence-corrected chi connectivity index (χ0v) is 12.3. The average molecular weight is 301 g/mol. The Kier molecular flexibility index (Phi) is 5.59. The second-order valence-electron chi connectivity index (χ2n) is 3.98. The summed E-state index contributed by atoms with van der Waals surface area (Å²) in [6.45, 7) is 3.20. The Hall–Kier alpha value is -1.31. The van der Waals surface area contributed by atoms with Crippen LogP contribution in [0.4, 0.5) is 0 Å². The number of amides is 1. The highest BCUT2D eigenvalue weighted by Gasteiger charge is 2.20. The lowest BCUT2D eigenvalue weighted by Crippen LogP contribution is -2.34. The van der Waals surface area contributed by atoms with E-state index in [-0.39, 0.29) is 17.3 Å². The molecule has 0 heterocycles. The summed E-state index contributed by atoms with van der Waals surface area (Å²) in [5.41, 5.74) is 0.948. The molecule has 0 radical (unpaired) electrons. The van der Waals surface area contributed by atoms with Crippen LogP contribution in [0.25, 0.3) is 0 Å². The van der Waals surface area contributed by atoms with E-state index in [4.69, 9.17) is 16.4 Å². The number of nitrogens with one attached hydrogen (secondary N) is 1. The average Bonchev–Trinajstić information content (AvgIpc) is 2.34. The maximum atomic E-state index is 12.0. The number of thiocarbonyl (C=S) groups is 1. The summed E-state index contributed by atoms with van der Waals surface area (Å²) in [6, 6.07) is 6.28. The van der Waals surface area contributed by atoms with E-state index in [1.165, 1.54) is 24.4 Å². The molecule has 104 valence electrons. The summed E-state index contributed by atoms with van der Waals surface area (Å²) in [5.74, 6) is -0.279. The molecule has 1 unspecified atom stereocenters. The fourth-order valence-corrected chi connectivity index (χ4v) is 2.52. The van der Waals surface area contributed by atoms with Crippen LogP contribution < -0.4 is 5.32 Å². The quantitative estimate of drug-likeness (QED) is 0.631. The van der Waals surface area contributed by atoms with E-state index in [0.29, 0.717) is 0 Å². The van der Waals surface area contributed by atoms with Gasteiger partial charge in [-0.15, -0.1) is 0 Å². The van der Waals surface area contributed by atoms with Crippen LogP contribution in [0, 0.1) is 6.92 Å². The van der Waals surface area contributed by atoms with E-state index in [2.05, 4.69) is 5.32 Å². The molecule has 1 aromatic carbocycles. The summed E-state index contributed by atoms with van der Waals surface area (Å²) < 4.78 is 28.9. The van der Waals surface area contributed by atoms with Gasteiger partial charge >= 0.3 is 0 Å². The first-order valence-corrected chi connectivity index (χ1v) is 7.43. The van der Waals surface area contributed by atoms with Crippen LogP contribution in [0.15, 0.2) is 29.2 Å². The molecule has 1 atom stereocenters. The monoisotopic (exact) mass is 301 g/mol. The number of hydrogen-bond acceptors (Lipinski definition) is 5. The van der Waals surface area contributed by atoms with Gasteiger partial charge in [0.2, 0.25) is 5.91 Å². The molecule has 1 N–H and O–H groups in total. The molecular weight excluding hydrogens is 286 g/mol. The number of carbonyl (C=O) groups excluding carboxylic acids is 1.